The summed E-state index contributed by atoms with van der Waals surface area (Å²) >= 11 is 0. The highest BCUT2D eigenvalue weighted by atomic mass is 35.5. The third-order valence-corrected chi connectivity index (χ3v) is 5.47. The number of nitrogens with zero attached hydrogens (tertiary/aromatic N) is 4. The summed E-state index contributed by atoms with van der Waals surface area (Å²) in [5.74, 6) is 1.44. The fourth-order valence-corrected chi connectivity index (χ4v) is 4.06. The van der Waals surface area contributed by atoms with Gasteiger partial charge in [0.05, 0.1) is 11.8 Å². The van der Waals surface area contributed by atoms with Crippen LogP contribution in [0.25, 0.3) is 27.9 Å². The second kappa shape index (κ2) is 8.57. The lowest BCUT2D eigenvalue weighted by atomic mass is 9.92. The molecule has 0 spiro atoms. The van der Waals surface area contributed by atoms with Crippen LogP contribution in [0.2, 0.25) is 0 Å². The molecule has 4 N–H and O–H groups in total. The lowest BCUT2D eigenvalue weighted by Crippen LogP contribution is -2.33. The summed E-state index contributed by atoms with van der Waals surface area (Å²) in [6.45, 7) is 2.09. The van der Waals surface area contributed by atoms with E-state index in [-0.39, 0.29) is 24.8 Å². The predicted molar refractivity (Wildman–Crippen MR) is 122 cm³/mol. The van der Waals surface area contributed by atoms with Gasteiger partial charge >= 0.3 is 0 Å². The van der Waals surface area contributed by atoms with Crippen LogP contribution < -0.4 is 11.1 Å². The first-order valence-corrected chi connectivity index (χ1v) is 9.50. The number of nitrogens with two attached hydrogens (primary N) is 1. The van der Waals surface area contributed by atoms with Gasteiger partial charge in [-0.05, 0) is 44.7 Å². The van der Waals surface area contributed by atoms with Gasteiger partial charge in [-0.2, -0.15) is 9.97 Å². The summed E-state index contributed by atoms with van der Waals surface area (Å²) in [5, 5.41) is 4.70. The Labute approximate surface area is 181 Å². The van der Waals surface area contributed by atoms with Crippen LogP contribution in [0.4, 0.5) is 5.95 Å². The van der Waals surface area contributed by atoms with Crippen LogP contribution in [0.5, 0.6) is 0 Å². The summed E-state index contributed by atoms with van der Waals surface area (Å²) in [6.07, 6.45) is 5.85. The number of halogens is 2. The number of aromatic amines is 1. The van der Waals surface area contributed by atoms with Gasteiger partial charge in [-0.25, -0.2) is 4.98 Å². The van der Waals surface area contributed by atoms with Gasteiger partial charge in [0.1, 0.15) is 0 Å². The van der Waals surface area contributed by atoms with E-state index in [0.29, 0.717) is 18.0 Å². The molecule has 0 aliphatic heterocycles. The second-order valence-electron chi connectivity index (χ2n) is 7.41. The van der Waals surface area contributed by atoms with Gasteiger partial charge in [-0.15, -0.1) is 24.8 Å². The van der Waals surface area contributed by atoms with E-state index in [9.17, 15) is 0 Å². The van der Waals surface area contributed by atoms with Gasteiger partial charge in [-0.3, -0.25) is 4.57 Å². The molecule has 0 amide bonds. The highest BCUT2D eigenvalue weighted by Gasteiger charge is 2.21. The average Bonchev–Trinajstić information content (AvgIpc) is 3.26. The molecule has 3 aromatic heterocycles. The number of nitrogens with one attached hydrogen (secondary N) is 2. The van der Waals surface area contributed by atoms with E-state index < -0.39 is 0 Å². The summed E-state index contributed by atoms with van der Waals surface area (Å²) in [5.41, 5.74) is 9.79. The van der Waals surface area contributed by atoms with Crippen LogP contribution in [0.15, 0.2) is 36.7 Å². The maximum Gasteiger partial charge on any atom is 0.227 e. The first kappa shape index (κ1) is 21.4. The maximum absolute atomic E-state index is 6.03. The van der Waals surface area contributed by atoms with Crippen molar-refractivity contribution in [1.82, 2.24) is 24.5 Å². The number of rotatable bonds is 3. The lowest BCUT2D eigenvalue weighted by molar-refractivity contribution is 0.410. The van der Waals surface area contributed by atoms with Gasteiger partial charge in [0, 0.05) is 23.2 Å². The molecule has 1 aromatic carbocycles. The van der Waals surface area contributed by atoms with Crippen molar-refractivity contribution in [3.8, 4) is 5.82 Å². The van der Waals surface area contributed by atoms with Crippen molar-refractivity contribution in [2.24, 2.45) is 5.73 Å². The Morgan fingerprint density at radius 1 is 1.10 bits per heavy atom. The van der Waals surface area contributed by atoms with E-state index in [0.717, 1.165) is 53.9 Å². The van der Waals surface area contributed by atoms with Crippen LogP contribution >= 0.6 is 24.8 Å². The third kappa shape index (κ3) is 3.90. The molecule has 1 fully saturated rings. The first-order chi connectivity index (χ1) is 13.2. The van der Waals surface area contributed by atoms with Crippen LogP contribution in [0, 0.1) is 6.92 Å². The minimum atomic E-state index is 0. The van der Waals surface area contributed by atoms with Gasteiger partial charge in [0.15, 0.2) is 17.0 Å². The maximum atomic E-state index is 6.03. The van der Waals surface area contributed by atoms with Gasteiger partial charge in [0.2, 0.25) is 5.95 Å². The number of hydrogen-bond acceptors (Lipinski definition) is 5. The minimum absolute atomic E-state index is 0. The fourth-order valence-electron chi connectivity index (χ4n) is 4.06. The summed E-state index contributed by atoms with van der Waals surface area (Å²) in [4.78, 5) is 17.1. The van der Waals surface area contributed by atoms with Crippen molar-refractivity contribution >= 4 is 52.8 Å². The molecule has 7 nitrogen and oxygen atoms in total. The highest BCUT2D eigenvalue weighted by Crippen LogP contribution is 2.28. The largest absolute Gasteiger partial charge is 0.351 e. The molecule has 0 radical (unpaired) electrons. The van der Waals surface area contributed by atoms with Crippen molar-refractivity contribution in [3.63, 3.8) is 0 Å². The van der Waals surface area contributed by atoms with E-state index in [1.165, 1.54) is 5.39 Å². The minimum Gasteiger partial charge on any atom is -0.351 e. The number of H-pyrrole nitrogens is 1. The predicted octanol–water partition coefficient (Wildman–Crippen LogP) is 4.13. The molecule has 154 valence electrons. The van der Waals surface area contributed by atoms with Gasteiger partial charge in [0.25, 0.3) is 0 Å². The molecule has 0 unspecified atom stereocenters. The number of hydrogen-bond donors (Lipinski definition) is 3. The number of benzene rings is 1. The third-order valence-electron chi connectivity index (χ3n) is 5.47. The molecule has 9 heteroatoms. The van der Waals surface area contributed by atoms with Crippen LogP contribution in [0.3, 0.4) is 0 Å². The Morgan fingerprint density at radius 3 is 2.66 bits per heavy atom. The zero-order valence-corrected chi connectivity index (χ0v) is 17.8. The Balaban J connectivity index is 0.00000120. The van der Waals surface area contributed by atoms with Crippen molar-refractivity contribution in [3.05, 3.63) is 42.4 Å². The molecule has 0 saturated heterocycles. The van der Waals surface area contributed by atoms with Gasteiger partial charge < -0.3 is 16.0 Å². The number of fused-ring (bicyclic) bond motifs is 2. The molecule has 4 aromatic rings. The van der Waals surface area contributed by atoms with Crippen LogP contribution in [-0.2, 0) is 0 Å². The van der Waals surface area contributed by atoms with E-state index in [4.69, 9.17) is 10.7 Å². The number of imidazole rings is 1. The molecular formula is C20H25Cl2N7. The summed E-state index contributed by atoms with van der Waals surface area (Å²) in [6, 6.07) is 11.2. The molecule has 0 atom stereocenters. The van der Waals surface area contributed by atoms with E-state index in [2.05, 4.69) is 56.0 Å². The Hall–Kier alpha value is -2.35. The van der Waals surface area contributed by atoms with E-state index in [1.54, 1.807) is 6.33 Å². The van der Waals surface area contributed by atoms with Crippen molar-refractivity contribution in [2.45, 2.75) is 44.7 Å². The number of aromatic nitrogens is 5. The zero-order valence-electron chi connectivity index (χ0n) is 16.1. The number of anilines is 1. The number of aryl methyl sites for hydroxylation is 1. The molecule has 3 heterocycles. The Kier molecular flexibility index (Phi) is 6.31. The van der Waals surface area contributed by atoms with Crippen molar-refractivity contribution in [1.29, 1.82) is 0 Å². The fraction of sp³-hybridized carbons (Fsp3) is 0.350. The Bertz CT molecular complexity index is 1110. The van der Waals surface area contributed by atoms with Crippen LogP contribution in [0.1, 0.15) is 31.4 Å². The smallest absolute Gasteiger partial charge is 0.227 e. The Morgan fingerprint density at radius 2 is 1.86 bits per heavy atom. The molecule has 1 aliphatic rings. The van der Waals surface area contributed by atoms with Crippen molar-refractivity contribution < 1.29 is 0 Å². The normalized spacial score (nSPS) is 19.0. The molecular weight excluding hydrogens is 409 g/mol. The quantitative estimate of drug-likeness (QED) is 0.451. The molecule has 0 bridgehead atoms. The number of para-hydroxylation sites is 1. The molecule has 1 saturated carbocycles. The monoisotopic (exact) mass is 433 g/mol. The SMILES string of the molecule is Cc1cc2ccccc2n1-c1nc(N[C@H]2CC[C@H](N)CC2)nc2[nH]cnc12.Cl.Cl. The van der Waals surface area contributed by atoms with Crippen LogP contribution in [-0.4, -0.2) is 36.6 Å². The average molecular weight is 434 g/mol. The standard InChI is InChI=1S/C20H23N7.2ClH/c1-12-10-13-4-2-3-5-16(13)27(12)19-17-18(23-11-22-17)25-20(26-19)24-15-8-6-14(21)7-9-15;;/h2-5,10-11,14-15H,6-9,21H2,1H3,(H2,22,23,24,25,26);2*1H/t14-,15-;;. The summed E-state index contributed by atoms with van der Waals surface area (Å²) < 4.78 is 2.15. The topological polar surface area (TPSA) is 97.4 Å². The lowest BCUT2D eigenvalue weighted by Gasteiger charge is -2.26. The van der Waals surface area contributed by atoms with E-state index >= 15 is 0 Å². The summed E-state index contributed by atoms with van der Waals surface area (Å²) in [7, 11) is 0. The second-order valence-corrected chi connectivity index (χ2v) is 7.41. The molecule has 5 rings (SSSR count). The highest BCUT2D eigenvalue weighted by molar-refractivity contribution is 5.87. The molecule has 29 heavy (non-hydrogen) atoms. The van der Waals surface area contributed by atoms with Crippen molar-refractivity contribution in [2.75, 3.05) is 5.32 Å². The molecule has 1 aliphatic carbocycles. The van der Waals surface area contributed by atoms with E-state index in [1.807, 2.05) is 6.07 Å². The zero-order chi connectivity index (χ0) is 18.4. The van der Waals surface area contributed by atoms with Gasteiger partial charge in [-0.1, -0.05) is 18.2 Å². The first-order valence-electron chi connectivity index (χ1n) is 9.50.